The minimum Gasteiger partial charge on any atom is -0.490 e. The van der Waals surface area contributed by atoms with E-state index >= 15 is 0 Å². The third-order valence-electron chi connectivity index (χ3n) is 3.85. The second-order valence-electron chi connectivity index (χ2n) is 5.80. The first kappa shape index (κ1) is 15.4. The average molecular weight is 295 g/mol. The summed E-state index contributed by atoms with van der Waals surface area (Å²) in [6.45, 7) is 8.55. The van der Waals surface area contributed by atoms with Crippen molar-refractivity contribution in [2.75, 3.05) is 6.61 Å². The minimum absolute atomic E-state index is 0.360. The Bertz CT molecular complexity index is 484. The van der Waals surface area contributed by atoms with Crippen LogP contribution >= 0.6 is 11.6 Å². The van der Waals surface area contributed by atoms with Gasteiger partial charge in [0.05, 0.1) is 11.2 Å². The number of ether oxygens (including phenoxy) is 1. The van der Waals surface area contributed by atoms with Gasteiger partial charge in [-0.25, -0.2) is 0 Å². The normalized spacial score (nSPS) is 20.6. The molecule has 1 saturated heterocycles. The van der Waals surface area contributed by atoms with Crippen molar-refractivity contribution in [2.45, 2.75) is 38.9 Å². The quantitative estimate of drug-likeness (QED) is 0.799. The molecule has 2 rings (SSSR count). The molecule has 0 unspecified atom stereocenters. The molecule has 1 aliphatic rings. The topological polar surface area (TPSA) is 27.7 Å². The third kappa shape index (κ3) is 3.03. The maximum atomic E-state index is 6.05. The van der Waals surface area contributed by atoms with Crippen LogP contribution in [-0.4, -0.2) is 24.9 Å². The van der Waals surface area contributed by atoms with Gasteiger partial charge in [-0.2, -0.15) is 0 Å². The Hall–Kier alpha value is -0.965. The Morgan fingerprint density at radius 2 is 1.75 bits per heavy atom. The van der Waals surface area contributed by atoms with Crippen molar-refractivity contribution in [2.24, 2.45) is 0 Å². The molecule has 0 saturated carbocycles. The van der Waals surface area contributed by atoms with Gasteiger partial charge in [-0.15, -0.1) is 0 Å². The van der Waals surface area contributed by atoms with E-state index in [0.717, 1.165) is 11.2 Å². The molecular formula is C15H20BClO3. The van der Waals surface area contributed by atoms with Crippen LogP contribution in [0.5, 0.6) is 5.75 Å². The Kier molecular flexibility index (Phi) is 4.47. The van der Waals surface area contributed by atoms with E-state index in [4.69, 9.17) is 25.6 Å². The summed E-state index contributed by atoms with van der Waals surface area (Å²) in [5.41, 5.74) is 1.62. The van der Waals surface area contributed by atoms with E-state index in [1.807, 2.05) is 52.0 Å². The van der Waals surface area contributed by atoms with Crippen molar-refractivity contribution >= 4 is 24.2 Å². The van der Waals surface area contributed by atoms with Gasteiger partial charge in [0, 0.05) is 11.0 Å². The minimum atomic E-state index is -0.420. The summed E-state index contributed by atoms with van der Waals surface area (Å²) >= 11 is 5.50. The fraction of sp³-hybridized carbons (Fsp3) is 0.467. The van der Waals surface area contributed by atoms with Gasteiger partial charge in [0.1, 0.15) is 12.4 Å². The lowest BCUT2D eigenvalue weighted by Crippen LogP contribution is -2.41. The van der Waals surface area contributed by atoms with Crippen LogP contribution in [0.2, 0.25) is 0 Å². The van der Waals surface area contributed by atoms with Gasteiger partial charge in [0.25, 0.3) is 0 Å². The molecule has 0 N–H and O–H groups in total. The molecular weight excluding hydrogens is 274 g/mol. The zero-order valence-electron chi connectivity index (χ0n) is 12.4. The van der Waals surface area contributed by atoms with E-state index in [-0.39, 0.29) is 11.2 Å². The van der Waals surface area contributed by atoms with E-state index in [1.54, 1.807) is 6.08 Å². The Labute approximate surface area is 126 Å². The molecule has 108 valence electrons. The first-order valence-corrected chi connectivity index (χ1v) is 7.13. The van der Waals surface area contributed by atoms with Crippen molar-refractivity contribution in [3.8, 4) is 5.75 Å². The van der Waals surface area contributed by atoms with Crippen LogP contribution < -0.4 is 10.2 Å². The van der Waals surface area contributed by atoms with Gasteiger partial charge in [-0.3, -0.25) is 0 Å². The maximum Gasteiger partial charge on any atom is 0.498 e. The molecule has 1 fully saturated rings. The Morgan fingerprint density at radius 1 is 1.15 bits per heavy atom. The molecule has 5 heteroatoms. The van der Waals surface area contributed by atoms with Crippen LogP contribution in [0.4, 0.5) is 0 Å². The number of hydrogen-bond donors (Lipinski definition) is 0. The molecule has 1 aliphatic heterocycles. The number of halogens is 1. The maximum absolute atomic E-state index is 6.05. The summed E-state index contributed by atoms with van der Waals surface area (Å²) in [5.74, 6) is 0.751. The van der Waals surface area contributed by atoms with Gasteiger partial charge in [-0.05, 0) is 39.8 Å². The summed E-state index contributed by atoms with van der Waals surface area (Å²) in [6, 6.07) is 7.74. The molecule has 20 heavy (non-hydrogen) atoms. The highest BCUT2D eigenvalue weighted by Crippen LogP contribution is 2.37. The van der Waals surface area contributed by atoms with E-state index < -0.39 is 7.12 Å². The molecule has 1 aromatic rings. The van der Waals surface area contributed by atoms with E-state index in [9.17, 15) is 0 Å². The monoisotopic (exact) mass is 294 g/mol. The van der Waals surface area contributed by atoms with Gasteiger partial charge >= 0.3 is 7.12 Å². The van der Waals surface area contributed by atoms with Gasteiger partial charge < -0.3 is 14.0 Å². The van der Waals surface area contributed by atoms with Crippen LogP contribution in [-0.2, 0) is 9.31 Å². The molecule has 0 aromatic heterocycles. The second-order valence-corrected chi connectivity index (χ2v) is 6.05. The fourth-order valence-electron chi connectivity index (χ4n) is 1.95. The molecule has 0 radical (unpaired) electrons. The molecule has 1 heterocycles. The first-order chi connectivity index (χ1) is 9.37. The average Bonchev–Trinajstić information content (AvgIpc) is 2.59. The summed E-state index contributed by atoms with van der Waals surface area (Å²) in [6.07, 6.45) is 1.74. The van der Waals surface area contributed by atoms with Crippen molar-refractivity contribution in [3.63, 3.8) is 0 Å². The third-order valence-corrected chi connectivity index (χ3v) is 4.03. The zero-order chi connectivity index (χ0) is 14.8. The Morgan fingerprint density at radius 3 is 2.35 bits per heavy atom. The summed E-state index contributed by atoms with van der Waals surface area (Å²) < 4.78 is 17.8. The first-order valence-electron chi connectivity index (χ1n) is 6.70. The highest BCUT2D eigenvalue weighted by Gasteiger charge is 2.52. The lowest BCUT2D eigenvalue weighted by atomic mass is 9.78. The summed E-state index contributed by atoms with van der Waals surface area (Å²) in [7, 11) is -0.420. The molecule has 0 aliphatic carbocycles. The molecule has 1 aromatic carbocycles. The molecule has 0 spiro atoms. The van der Waals surface area contributed by atoms with Crippen LogP contribution in [0, 0.1) is 0 Å². The van der Waals surface area contributed by atoms with Crippen LogP contribution in [0.15, 0.2) is 35.9 Å². The predicted octanol–water partition coefficient (Wildman–Crippen LogP) is 3.12. The van der Waals surface area contributed by atoms with Crippen molar-refractivity contribution in [1.82, 2.24) is 0 Å². The largest absolute Gasteiger partial charge is 0.498 e. The van der Waals surface area contributed by atoms with Gasteiger partial charge in [0.15, 0.2) is 0 Å². The second kappa shape index (κ2) is 5.80. The number of hydrogen-bond acceptors (Lipinski definition) is 3. The smallest absolute Gasteiger partial charge is 0.490 e. The molecule has 0 atom stereocenters. The molecule has 0 bridgehead atoms. The fourth-order valence-corrected chi connectivity index (χ4v) is 2.02. The van der Waals surface area contributed by atoms with E-state index in [0.29, 0.717) is 6.61 Å². The van der Waals surface area contributed by atoms with Crippen molar-refractivity contribution in [1.29, 1.82) is 0 Å². The number of para-hydroxylation sites is 1. The molecule has 3 nitrogen and oxygen atoms in total. The van der Waals surface area contributed by atoms with Crippen molar-refractivity contribution in [3.05, 3.63) is 35.9 Å². The Balaban J connectivity index is 2.22. The summed E-state index contributed by atoms with van der Waals surface area (Å²) in [5, 5.41) is 0. The lowest BCUT2D eigenvalue weighted by molar-refractivity contribution is 0.00578. The predicted molar refractivity (Wildman–Crippen MR) is 82.6 cm³/mol. The van der Waals surface area contributed by atoms with Crippen molar-refractivity contribution < 1.29 is 14.0 Å². The standard InChI is InChI=1S/C15H20BClO3/c1-14(2)15(3,4)20-16(19-14)12-8-5-6-9-13(12)18-11-7-10-17/h5-10H,11H2,1-4H3/b10-7+. The van der Waals surface area contributed by atoms with Gasteiger partial charge in [0.2, 0.25) is 0 Å². The van der Waals surface area contributed by atoms with E-state index in [1.165, 1.54) is 5.54 Å². The summed E-state index contributed by atoms with van der Waals surface area (Å²) in [4.78, 5) is 0. The number of rotatable bonds is 4. The van der Waals surface area contributed by atoms with E-state index in [2.05, 4.69) is 0 Å². The lowest BCUT2D eigenvalue weighted by Gasteiger charge is -2.32. The zero-order valence-corrected chi connectivity index (χ0v) is 13.1. The number of benzene rings is 1. The SMILES string of the molecule is CC1(C)OB(c2ccccc2OC/C=C/Cl)OC1(C)C. The van der Waals surface area contributed by atoms with Crippen LogP contribution in [0.1, 0.15) is 27.7 Å². The van der Waals surface area contributed by atoms with Crippen LogP contribution in [0.3, 0.4) is 0 Å². The highest BCUT2D eigenvalue weighted by molar-refractivity contribution is 6.63. The van der Waals surface area contributed by atoms with Crippen LogP contribution in [0.25, 0.3) is 0 Å². The highest BCUT2D eigenvalue weighted by atomic mass is 35.5. The molecule has 0 amide bonds. The van der Waals surface area contributed by atoms with Gasteiger partial charge in [-0.1, -0.05) is 29.8 Å².